The molecule has 1 aliphatic heterocycles. The first-order valence-electron chi connectivity index (χ1n) is 16.3. The maximum atomic E-state index is 6.98. The molecule has 1 spiro atoms. The lowest BCUT2D eigenvalue weighted by atomic mass is 9.65. The second kappa shape index (κ2) is 10.3. The Hall–Kier alpha value is -6.32. The molecule has 0 atom stereocenters. The molecule has 0 amide bonds. The van der Waals surface area contributed by atoms with Gasteiger partial charge in [-0.05, 0) is 51.2 Å². The van der Waals surface area contributed by atoms with Crippen LogP contribution < -0.4 is 4.74 Å². The van der Waals surface area contributed by atoms with E-state index in [1.54, 1.807) is 0 Å². The van der Waals surface area contributed by atoms with Crippen molar-refractivity contribution < 1.29 is 4.74 Å². The van der Waals surface area contributed by atoms with Crippen molar-refractivity contribution in [2.45, 2.75) is 5.41 Å². The van der Waals surface area contributed by atoms with Crippen molar-refractivity contribution in [1.82, 2.24) is 9.97 Å². The molecule has 2 heterocycles. The standard InChI is InChI=1S/C45H28N2O/c1-2-15-30(16-3-1)44-46-40(34-21-12-17-29-14-4-5-18-31(29)34)28-41(47-44)35-22-13-26-39-43(35)48-42-27-11-10-25-38(42)45(39)36-23-8-6-19-32(36)33-20-7-9-24-37(33)45/h1-28H. The number of fused-ring (bicyclic) bond motifs is 10. The van der Waals surface area contributed by atoms with Crippen molar-refractivity contribution in [2.24, 2.45) is 0 Å². The molecular weight excluding hydrogens is 585 g/mol. The minimum atomic E-state index is -0.541. The van der Waals surface area contributed by atoms with Gasteiger partial charge in [-0.25, -0.2) is 9.97 Å². The first-order chi connectivity index (χ1) is 23.8. The Kier molecular flexibility index (Phi) is 5.79. The Bertz CT molecular complexity index is 2500. The quantitative estimate of drug-likeness (QED) is 0.199. The molecule has 0 radical (unpaired) electrons. The topological polar surface area (TPSA) is 35.0 Å². The molecule has 0 bridgehead atoms. The fraction of sp³-hybridized carbons (Fsp3) is 0.0222. The maximum absolute atomic E-state index is 6.98. The molecule has 1 aromatic heterocycles. The molecule has 0 saturated carbocycles. The SMILES string of the molecule is c1ccc(-c2nc(-c3cccc4c3Oc3ccccc3C43c4ccccc4-c4ccccc43)cc(-c3cccc4ccccc34)n2)cc1. The summed E-state index contributed by atoms with van der Waals surface area (Å²) in [6, 6.07) is 59.9. The number of para-hydroxylation sites is 2. The van der Waals surface area contributed by atoms with Crippen LogP contribution in [0.2, 0.25) is 0 Å². The smallest absolute Gasteiger partial charge is 0.160 e. The van der Waals surface area contributed by atoms with Gasteiger partial charge >= 0.3 is 0 Å². The van der Waals surface area contributed by atoms with Crippen molar-refractivity contribution in [3.05, 3.63) is 192 Å². The number of nitrogens with zero attached hydrogens (tertiary/aromatic N) is 2. The lowest BCUT2D eigenvalue weighted by Gasteiger charge is -2.40. The molecule has 48 heavy (non-hydrogen) atoms. The summed E-state index contributed by atoms with van der Waals surface area (Å²) in [5.41, 5.74) is 11.4. The zero-order valence-corrected chi connectivity index (χ0v) is 26.0. The van der Waals surface area contributed by atoms with Gasteiger partial charge in [0.2, 0.25) is 0 Å². The molecule has 224 valence electrons. The van der Waals surface area contributed by atoms with Crippen LogP contribution in [0.1, 0.15) is 22.3 Å². The van der Waals surface area contributed by atoms with E-state index in [0.717, 1.165) is 56.1 Å². The van der Waals surface area contributed by atoms with Gasteiger partial charge in [-0.1, -0.05) is 152 Å². The minimum Gasteiger partial charge on any atom is -0.456 e. The van der Waals surface area contributed by atoms with Gasteiger partial charge < -0.3 is 4.74 Å². The predicted octanol–water partition coefficient (Wildman–Crippen LogP) is 11.1. The molecule has 10 rings (SSSR count). The zero-order chi connectivity index (χ0) is 31.7. The van der Waals surface area contributed by atoms with Crippen molar-refractivity contribution in [3.8, 4) is 56.5 Å². The highest BCUT2D eigenvalue weighted by Gasteiger charge is 2.51. The summed E-state index contributed by atoms with van der Waals surface area (Å²) >= 11 is 0. The van der Waals surface area contributed by atoms with Crippen LogP contribution in [0.4, 0.5) is 0 Å². The second-order valence-corrected chi connectivity index (χ2v) is 12.5. The Morgan fingerprint density at radius 3 is 1.75 bits per heavy atom. The third kappa shape index (κ3) is 3.76. The fourth-order valence-corrected chi connectivity index (χ4v) is 7.97. The summed E-state index contributed by atoms with van der Waals surface area (Å²) in [6.07, 6.45) is 0. The fourth-order valence-electron chi connectivity index (χ4n) is 7.97. The van der Waals surface area contributed by atoms with E-state index in [0.29, 0.717) is 5.82 Å². The monoisotopic (exact) mass is 612 g/mol. The first kappa shape index (κ1) is 26.9. The Balaban J connectivity index is 1.28. The number of benzene rings is 7. The van der Waals surface area contributed by atoms with E-state index < -0.39 is 5.41 Å². The molecule has 0 N–H and O–H groups in total. The highest BCUT2D eigenvalue weighted by Crippen LogP contribution is 2.63. The van der Waals surface area contributed by atoms with Crippen LogP contribution in [0.15, 0.2) is 170 Å². The summed E-state index contributed by atoms with van der Waals surface area (Å²) in [6.45, 7) is 0. The highest BCUT2D eigenvalue weighted by molar-refractivity contribution is 5.97. The highest BCUT2D eigenvalue weighted by atomic mass is 16.5. The molecule has 1 aliphatic carbocycles. The largest absolute Gasteiger partial charge is 0.456 e. The lowest BCUT2D eigenvalue weighted by Crippen LogP contribution is -2.32. The number of hydrogen-bond donors (Lipinski definition) is 0. The third-order valence-electron chi connectivity index (χ3n) is 9.97. The van der Waals surface area contributed by atoms with E-state index in [1.165, 1.54) is 27.6 Å². The molecule has 8 aromatic rings. The van der Waals surface area contributed by atoms with Crippen molar-refractivity contribution in [1.29, 1.82) is 0 Å². The average molecular weight is 613 g/mol. The third-order valence-corrected chi connectivity index (χ3v) is 9.97. The summed E-state index contributed by atoms with van der Waals surface area (Å²) in [5.74, 6) is 2.36. The van der Waals surface area contributed by atoms with E-state index in [9.17, 15) is 0 Å². The summed E-state index contributed by atoms with van der Waals surface area (Å²) in [5, 5.41) is 2.33. The Morgan fingerprint density at radius 1 is 0.417 bits per heavy atom. The molecule has 7 aromatic carbocycles. The van der Waals surface area contributed by atoms with E-state index >= 15 is 0 Å². The second-order valence-electron chi connectivity index (χ2n) is 12.5. The van der Waals surface area contributed by atoms with E-state index in [4.69, 9.17) is 14.7 Å². The van der Waals surface area contributed by atoms with Gasteiger partial charge in [0.1, 0.15) is 11.5 Å². The zero-order valence-electron chi connectivity index (χ0n) is 26.0. The van der Waals surface area contributed by atoms with E-state index in [1.807, 2.05) is 18.2 Å². The minimum absolute atomic E-state index is 0.541. The lowest BCUT2D eigenvalue weighted by molar-refractivity contribution is 0.438. The van der Waals surface area contributed by atoms with Crippen LogP contribution in [0.5, 0.6) is 11.5 Å². The Labute approximate surface area is 278 Å². The van der Waals surface area contributed by atoms with Gasteiger partial charge in [-0.3, -0.25) is 0 Å². The van der Waals surface area contributed by atoms with Crippen molar-refractivity contribution >= 4 is 10.8 Å². The van der Waals surface area contributed by atoms with Crippen LogP contribution in [0.25, 0.3) is 55.8 Å². The number of rotatable bonds is 3. The molecular formula is C45H28N2O. The van der Waals surface area contributed by atoms with Crippen LogP contribution in [-0.2, 0) is 5.41 Å². The average Bonchev–Trinajstić information content (AvgIpc) is 3.45. The summed E-state index contributed by atoms with van der Waals surface area (Å²) in [4.78, 5) is 10.4. The van der Waals surface area contributed by atoms with Crippen molar-refractivity contribution in [3.63, 3.8) is 0 Å². The van der Waals surface area contributed by atoms with Gasteiger partial charge in [0.05, 0.1) is 16.8 Å². The van der Waals surface area contributed by atoms with Gasteiger partial charge in [-0.2, -0.15) is 0 Å². The molecule has 0 fully saturated rings. The number of aromatic nitrogens is 2. The maximum Gasteiger partial charge on any atom is 0.160 e. The van der Waals surface area contributed by atoms with Gasteiger partial charge in [0.15, 0.2) is 5.82 Å². The molecule has 3 nitrogen and oxygen atoms in total. The van der Waals surface area contributed by atoms with Gasteiger partial charge in [0.25, 0.3) is 0 Å². The summed E-state index contributed by atoms with van der Waals surface area (Å²) < 4.78 is 6.98. The predicted molar refractivity (Wildman–Crippen MR) is 193 cm³/mol. The van der Waals surface area contributed by atoms with Crippen LogP contribution >= 0.6 is 0 Å². The normalized spacial score (nSPS) is 13.3. The molecule has 2 aliphatic rings. The summed E-state index contributed by atoms with van der Waals surface area (Å²) in [7, 11) is 0. The molecule has 3 heteroatoms. The van der Waals surface area contributed by atoms with Gasteiger partial charge in [-0.15, -0.1) is 0 Å². The van der Waals surface area contributed by atoms with Crippen LogP contribution in [0, 0.1) is 0 Å². The first-order valence-corrected chi connectivity index (χ1v) is 16.3. The molecule has 0 unspecified atom stereocenters. The number of hydrogen-bond acceptors (Lipinski definition) is 3. The van der Waals surface area contributed by atoms with Crippen LogP contribution in [-0.4, -0.2) is 9.97 Å². The molecule has 0 saturated heterocycles. The Morgan fingerprint density at radius 2 is 0.958 bits per heavy atom. The van der Waals surface area contributed by atoms with Crippen LogP contribution in [0.3, 0.4) is 0 Å². The van der Waals surface area contributed by atoms with E-state index in [-0.39, 0.29) is 0 Å². The number of ether oxygens (including phenoxy) is 1. The van der Waals surface area contributed by atoms with E-state index in [2.05, 4.69) is 152 Å². The van der Waals surface area contributed by atoms with Gasteiger partial charge in [0, 0.05) is 27.8 Å². The van der Waals surface area contributed by atoms with Crippen molar-refractivity contribution in [2.75, 3.05) is 0 Å².